The Bertz CT molecular complexity index is 1300. The summed E-state index contributed by atoms with van der Waals surface area (Å²) in [5.74, 6) is -1.93. The second kappa shape index (κ2) is 15.1. The maximum Gasteiger partial charge on any atom is 0.490 e. The van der Waals surface area contributed by atoms with E-state index in [2.05, 4.69) is 56.3 Å². The van der Waals surface area contributed by atoms with Crippen LogP contribution < -0.4 is 16.0 Å². The molecule has 0 aliphatic heterocycles. The highest BCUT2D eigenvalue weighted by molar-refractivity contribution is 5.86. The maximum absolute atomic E-state index is 12.7. The van der Waals surface area contributed by atoms with Crippen LogP contribution in [-0.2, 0) is 9.59 Å². The number of halogens is 3. The van der Waals surface area contributed by atoms with Crippen LogP contribution >= 0.6 is 0 Å². The van der Waals surface area contributed by atoms with E-state index in [1.807, 2.05) is 18.3 Å². The first kappa shape index (κ1) is 31.4. The molecule has 1 aromatic heterocycles. The third-order valence-electron chi connectivity index (χ3n) is 6.90. The third kappa shape index (κ3) is 10.1. The van der Waals surface area contributed by atoms with Crippen LogP contribution in [0, 0.1) is 0 Å². The summed E-state index contributed by atoms with van der Waals surface area (Å²) in [7, 11) is 1.66. The molecule has 1 aliphatic rings. The SMILES string of the molecule is CNC(=O)CCCCC[C@H](NC(=O)NC1CCCC1)c1ncc(-c2ccc3ccccc3c2)[nH]1.O=C(O)C(F)(F)F. The number of aliphatic carboxylic acids is 1. The Kier molecular flexibility index (Phi) is 11.5. The number of rotatable bonds is 10. The Balaban J connectivity index is 0.000000587. The van der Waals surface area contributed by atoms with Crippen LogP contribution in [0.2, 0.25) is 0 Å². The summed E-state index contributed by atoms with van der Waals surface area (Å²) in [5, 5.41) is 18.4. The van der Waals surface area contributed by atoms with Gasteiger partial charge in [-0.1, -0.05) is 62.1 Å². The molecule has 9 nitrogen and oxygen atoms in total. The van der Waals surface area contributed by atoms with Crippen LogP contribution in [0.5, 0.6) is 0 Å². The molecule has 3 aromatic rings. The Labute approximate surface area is 236 Å². The second-order valence-corrected chi connectivity index (χ2v) is 9.97. The molecule has 0 radical (unpaired) electrons. The number of aromatic nitrogens is 2. The number of urea groups is 1. The summed E-state index contributed by atoms with van der Waals surface area (Å²) in [5.41, 5.74) is 2.00. The van der Waals surface area contributed by atoms with Gasteiger partial charge in [-0.05, 0) is 42.5 Å². The monoisotopic (exact) mass is 575 g/mol. The summed E-state index contributed by atoms with van der Waals surface area (Å²) >= 11 is 0. The lowest BCUT2D eigenvalue weighted by molar-refractivity contribution is -0.192. The number of benzene rings is 2. The summed E-state index contributed by atoms with van der Waals surface area (Å²) in [4.78, 5) is 41.2. The van der Waals surface area contributed by atoms with Crippen LogP contribution in [0.1, 0.15) is 69.7 Å². The minimum absolute atomic E-state index is 0.0664. The van der Waals surface area contributed by atoms with E-state index in [1.165, 1.54) is 23.6 Å². The molecule has 12 heteroatoms. The summed E-state index contributed by atoms with van der Waals surface area (Å²) in [6.07, 6.45) is 5.15. The Morgan fingerprint density at radius 3 is 2.39 bits per heavy atom. The number of hydrogen-bond donors (Lipinski definition) is 5. The Hall–Kier alpha value is -4.09. The number of H-pyrrole nitrogens is 1. The fourth-order valence-electron chi connectivity index (χ4n) is 4.69. The first-order valence-corrected chi connectivity index (χ1v) is 13.7. The van der Waals surface area contributed by atoms with Crippen molar-refractivity contribution in [3.63, 3.8) is 0 Å². The quantitative estimate of drug-likeness (QED) is 0.194. The topological polar surface area (TPSA) is 136 Å². The molecule has 1 atom stereocenters. The molecule has 4 rings (SSSR count). The van der Waals surface area contributed by atoms with Crippen molar-refractivity contribution in [1.82, 2.24) is 25.9 Å². The molecule has 0 bridgehead atoms. The van der Waals surface area contributed by atoms with Crippen molar-refractivity contribution >= 4 is 28.7 Å². The van der Waals surface area contributed by atoms with Gasteiger partial charge in [0.15, 0.2) is 0 Å². The number of hydrogen-bond acceptors (Lipinski definition) is 4. The summed E-state index contributed by atoms with van der Waals surface area (Å²) in [6.45, 7) is 0. The van der Waals surface area contributed by atoms with E-state index in [1.54, 1.807) is 7.05 Å². The molecule has 0 spiro atoms. The van der Waals surface area contributed by atoms with E-state index < -0.39 is 12.1 Å². The van der Waals surface area contributed by atoms with E-state index in [9.17, 15) is 22.8 Å². The molecule has 0 saturated heterocycles. The van der Waals surface area contributed by atoms with Gasteiger partial charge in [-0.3, -0.25) is 4.79 Å². The number of alkyl halides is 3. The number of nitrogens with one attached hydrogen (secondary N) is 4. The van der Waals surface area contributed by atoms with Crippen molar-refractivity contribution in [2.45, 2.75) is 76.0 Å². The number of aromatic amines is 1. The first-order chi connectivity index (χ1) is 19.6. The molecule has 3 amide bonds. The number of imidazole rings is 1. The van der Waals surface area contributed by atoms with Gasteiger partial charge in [0.05, 0.1) is 17.9 Å². The van der Waals surface area contributed by atoms with E-state index >= 15 is 0 Å². The lowest BCUT2D eigenvalue weighted by atomic mass is 10.1. The molecule has 5 N–H and O–H groups in total. The third-order valence-corrected chi connectivity index (χ3v) is 6.90. The van der Waals surface area contributed by atoms with Gasteiger partial charge in [-0.2, -0.15) is 13.2 Å². The lowest BCUT2D eigenvalue weighted by Crippen LogP contribution is -2.42. The number of amides is 3. The minimum atomic E-state index is -5.08. The molecule has 1 heterocycles. The summed E-state index contributed by atoms with van der Waals surface area (Å²) < 4.78 is 31.7. The van der Waals surface area contributed by atoms with Crippen LogP contribution in [-0.4, -0.2) is 52.2 Å². The van der Waals surface area contributed by atoms with Crippen molar-refractivity contribution < 1.29 is 32.7 Å². The molecule has 1 aliphatic carbocycles. The zero-order chi connectivity index (χ0) is 29.8. The van der Waals surface area contributed by atoms with E-state index in [0.717, 1.165) is 55.6 Å². The standard InChI is InChI=1S/C27H35N5O2.C2HF3O2/c1-28-25(33)14-4-2-3-13-23(32-27(34)30-22-11-7-8-12-22)26-29-18-24(31-26)21-16-15-19-9-5-6-10-20(19)17-21;3-2(4,5)1(6)7/h5-6,9-10,15-18,22-23H,2-4,7-8,11-14H2,1H3,(H,28,33)(H,29,31)(H2,30,32,34);(H,6,7)/t23-;/m0./s1. The predicted octanol–water partition coefficient (Wildman–Crippen LogP) is 5.84. The highest BCUT2D eigenvalue weighted by Crippen LogP contribution is 2.26. The van der Waals surface area contributed by atoms with Crippen molar-refractivity contribution in [3.05, 3.63) is 54.5 Å². The number of carbonyl (C=O) groups excluding carboxylic acids is 2. The van der Waals surface area contributed by atoms with Gasteiger partial charge in [0, 0.05) is 25.1 Å². The average Bonchev–Trinajstić information content (AvgIpc) is 3.64. The van der Waals surface area contributed by atoms with Crippen LogP contribution in [0.15, 0.2) is 48.7 Å². The zero-order valence-corrected chi connectivity index (χ0v) is 22.9. The van der Waals surface area contributed by atoms with Crippen molar-refractivity contribution in [1.29, 1.82) is 0 Å². The predicted molar refractivity (Wildman–Crippen MR) is 149 cm³/mol. The van der Waals surface area contributed by atoms with Crippen LogP contribution in [0.4, 0.5) is 18.0 Å². The highest BCUT2D eigenvalue weighted by Gasteiger charge is 2.38. The van der Waals surface area contributed by atoms with Gasteiger partial charge >= 0.3 is 18.2 Å². The second-order valence-electron chi connectivity index (χ2n) is 9.97. The molecule has 222 valence electrons. The van der Waals surface area contributed by atoms with Gasteiger partial charge in [-0.15, -0.1) is 0 Å². The van der Waals surface area contributed by atoms with Gasteiger partial charge in [0.25, 0.3) is 0 Å². The molecule has 1 saturated carbocycles. The number of carboxylic acids is 1. The van der Waals surface area contributed by atoms with Crippen molar-refractivity contribution in [3.8, 4) is 11.3 Å². The molecule has 0 unspecified atom stereocenters. The maximum atomic E-state index is 12.7. The zero-order valence-electron chi connectivity index (χ0n) is 22.9. The fourth-order valence-corrected chi connectivity index (χ4v) is 4.69. The highest BCUT2D eigenvalue weighted by atomic mass is 19.4. The molecular weight excluding hydrogens is 539 g/mol. The molecule has 2 aromatic carbocycles. The Morgan fingerprint density at radius 2 is 1.73 bits per heavy atom. The normalized spacial score (nSPS) is 14.1. The van der Waals surface area contributed by atoms with Crippen molar-refractivity contribution in [2.24, 2.45) is 0 Å². The van der Waals surface area contributed by atoms with Gasteiger partial charge in [-0.25, -0.2) is 14.6 Å². The fraction of sp³-hybridized carbons (Fsp3) is 0.448. The first-order valence-electron chi connectivity index (χ1n) is 13.7. The number of fused-ring (bicyclic) bond motifs is 1. The number of unbranched alkanes of at least 4 members (excludes halogenated alkanes) is 2. The smallest absolute Gasteiger partial charge is 0.475 e. The van der Waals surface area contributed by atoms with Gasteiger partial charge < -0.3 is 26.0 Å². The summed E-state index contributed by atoms with van der Waals surface area (Å²) in [6, 6.07) is 14.6. The van der Waals surface area contributed by atoms with E-state index in [4.69, 9.17) is 9.90 Å². The molecular formula is C29H36F3N5O4. The number of carboxylic acid groups (broad SMARTS) is 1. The number of carbonyl (C=O) groups is 3. The van der Waals surface area contributed by atoms with Gasteiger partial charge in [0.2, 0.25) is 5.91 Å². The van der Waals surface area contributed by atoms with Crippen molar-refractivity contribution in [2.75, 3.05) is 7.05 Å². The van der Waals surface area contributed by atoms with E-state index in [-0.39, 0.29) is 24.0 Å². The molecule has 41 heavy (non-hydrogen) atoms. The Morgan fingerprint density at radius 1 is 1.05 bits per heavy atom. The minimum Gasteiger partial charge on any atom is -0.475 e. The average molecular weight is 576 g/mol. The lowest BCUT2D eigenvalue weighted by Gasteiger charge is -2.19. The van der Waals surface area contributed by atoms with Crippen LogP contribution in [0.3, 0.4) is 0 Å². The van der Waals surface area contributed by atoms with Crippen LogP contribution in [0.25, 0.3) is 22.0 Å². The molecule has 1 fully saturated rings. The van der Waals surface area contributed by atoms with E-state index in [0.29, 0.717) is 6.42 Å². The number of nitrogens with zero attached hydrogens (tertiary/aromatic N) is 1. The van der Waals surface area contributed by atoms with Gasteiger partial charge in [0.1, 0.15) is 5.82 Å². The largest absolute Gasteiger partial charge is 0.490 e.